The van der Waals surface area contributed by atoms with Gasteiger partial charge in [0.2, 0.25) is 0 Å². The molecule has 132 valence electrons. The van der Waals surface area contributed by atoms with Gasteiger partial charge in [0.1, 0.15) is 0 Å². The molecule has 0 saturated heterocycles. The summed E-state index contributed by atoms with van der Waals surface area (Å²) in [7, 11) is 0. The molecule has 1 atom stereocenters. The van der Waals surface area contributed by atoms with Crippen molar-refractivity contribution in [3.05, 3.63) is 66.2 Å². The molecule has 2 aromatic heterocycles. The Bertz CT molecular complexity index is 914. The molecule has 4 rings (SSSR count). The molecule has 1 amide bonds. The van der Waals surface area contributed by atoms with Crippen LogP contribution in [0.25, 0.3) is 10.8 Å². The van der Waals surface area contributed by atoms with E-state index in [1.807, 2.05) is 36.4 Å². The number of rotatable bonds is 5. The fourth-order valence-electron chi connectivity index (χ4n) is 3.71. The summed E-state index contributed by atoms with van der Waals surface area (Å²) in [6, 6.07) is 11.0. The van der Waals surface area contributed by atoms with E-state index in [2.05, 4.69) is 20.5 Å². The van der Waals surface area contributed by atoms with Crippen molar-refractivity contribution in [2.75, 3.05) is 6.61 Å². The van der Waals surface area contributed by atoms with Crippen LogP contribution in [-0.2, 0) is 0 Å². The summed E-state index contributed by atoms with van der Waals surface area (Å²) in [6.07, 6.45) is 7.85. The minimum absolute atomic E-state index is 0.0293. The van der Waals surface area contributed by atoms with Gasteiger partial charge in [-0.3, -0.25) is 9.78 Å². The number of hydrogen-bond acceptors (Lipinski definition) is 5. The Balaban J connectivity index is 1.70. The first kappa shape index (κ1) is 16.6. The molecule has 1 unspecified atom stereocenters. The third kappa shape index (κ3) is 2.82. The van der Waals surface area contributed by atoms with Crippen LogP contribution in [0.4, 0.5) is 0 Å². The molecule has 2 N–H and O–H groups in total. The van der Waals surface area contributed by atoms with Crippen molar-refractivity contribution in [3.8, 4) is 0 Å². The molecule has 26 heavy (non-hydrogen) atoms. The molecule has 6 nitrogen and oxygen atoms in total. The van der Waals surface area contributed by atoms with E-state index in [1.54, 1.807) is 18.6 Å². The number of nitrogens with one attached hydrogen (secondary N) is 1. The van der Waals surface area contributed by atoms with Gasteiger partial charge in [-0.15, -0.1) is 5.10 Å². The first-order valence-electron chi connectivity index (χ1n) is 8.76. The van der Waals surface area contributed by atoms with Gasteiger partial charge in [-0.25, -0.2) is 0 Å². The standard InChI is InChI=1S/C20H20N4O2/c25-13-20(8-3-9-20)18(14-6-10-21-11-7-14)23-19(26)17-16-5-2-1-4-15(16)12-22-24-17/h1-2,4-7,10-12,18,25H,3,8-9,13H2,(H,23,26). The van der Waals surface area contributed by atoms with Gasteiger partial charge in [0, 0.05) is 28.6 Å². The van der Waals surface area contributed by atoms with Crippen LogP contribution >= 0.6 is 0 Å². The summed E-state index contributed by atoms with van der Waals surface area (Å²) in [5.41, 5.74) is 0.902. The number of nitrogens with zero attached hydrogens (tertiary/aromatic N) is 3. The Morgan fingerprint density at radius 3 is 2.65 bits per heavy atom. The second-order valence-electron chi connectivity index (χ2n) is 6.84. The molecule has 1 aromatic carbocycles. The summed E-state index contributed by atoms with van der Waals surface area (Å²) in [6.45, 7) is 0.0293. The van der Waals surface area contributed by atoms with E-state index in [0.29, 0.717) is 5.69 Å². The summed E-state index contributed by atoms with van der Waals surface area (Å²) < 4.78 is 0. The van der Waals surface area contributed by atoms with Gasteiger partial charge in [-0.05, 0) is 30.5 Å². The van der Waals surface area contributed by atoms with Gasteiger partial charge in [0.25, 0.3) is 5.91 Å². The number of aromatic nitrogens is 3. The number of hydrogen-bond donors (Lipinski definition) is 2. The lowest BCUT2D eigenvalue weighted by atomic mass is 9.63. The summed E-state index contributed by atoms with van der Waals surface area (Å²) >= 11 is 0. The molecular formula is C20H20N4O2. The van der Waals surface area contributed by atoms with Crippen molar-refractivity contribution < 1.29 is 9.90 Å². The zero-order valence-electron chi connectivity index (χ0n) is 14.3. The Morgan fingerprint density at radius 1 is 1.19 bits per heavy atom. The highest BCUT2D eigenvalue weighted by molar-refractivity contribution is 6.04. The van der Waals surface area contributed by atoms with Crippen molar-refractivity contribution in [1.82, 2.24) is 20.5 Å². The van der Waals surface area contributed by atoms with Gasteiger partial charge in [0.15, 0.2) is 5.69 Å². The average molecular weight is 348 g/mol. The number of carbonyl (C=O) groups excluding carboxylic acids is 1. The van der Waals surface area contributed by atoms with Gasteiger partial charge in [-0.1, -0.05) is 30.7 Å². The van der Waals surface area contributed by atoms with Gasteiger partial charge >= 0.3 is 0 Å². The predicted molar refractivity (Wildman–Crippen MR) is 97.4 cm³/mol. The van der Waals surface area contributed by atoms with Crippen LogP contribution in [0.5, 0.6) is 0 Å². The smallest absolute Gasteiger partial charge is 0.272 e. The van der Waals surface area contributed by atoms with Crippen LogP contribution in [0.1, 0.15) is 41.4 Å². The van der Waals surface area contributed by atoms with Crippen molar-refractivity contribution in [3.63, 3.8) is 0 Å². The summed E-state index contributed by atoms with van der Waals surface area (Å²) in [4.78, 5) is 17.1. The maximum Gasteiger partial charge on any atom is 0.272 e. The van der Waals surface area contributed by atoms with Crippen molar-refractivity contribution in [2.24, 2.45) is 5.41 Å². The van der Waals surface area contributed by atoms with E-state index in [4.69, 9.17) is 0 Å². The largest absolute Gasteiger partial charge is 0.396 e. The molecule has 2 heterocycles. The van der Waals surface area contributed by atoms with E-state index in [0.717, 1.165) is 35.6 Å². The highest BCUT2D eigenvalue weighted by Crippen LogP contribution is 2.49. The van der Waals surface area contributed by atoms with E-state index >= 15 is 0 Å². The predicted octanol–water partition coefficient (Wildman–Crippen LogP) is 2.66. The summed E-state index contributed by atoms with van der Waals surface area (Å²) in [5, 5.41) is 22.8. The fraction of sp³-hybridized carbons (Fsp3) is 0.300. The summed E-state index contributed by atoms with van der Waals surface area (Å²) in [5.74, 6) is -0.282. The first-order chi connectivity index (χ1) is 12.7. The molecule has 0 bridgehead atoms. The molecule has 1 fully saturated rings. The third-order valence-corrected chi connectivity index (χ3v) is 5.38. The van der Waals surface area contributed by atoms with E-state index in [1.165, 1.54) is 0 Å². The lowest BCUT2D eigenvalue weighted by Crippen LogP contribution is -2.47. The minimum Gasteiger partial charge on any atom is -0.396 e. The number of benzene rings is 1. The van der Waals surface area contributed by atoms with Crippen LogP contribution < -0.4 is 5.32 Å². The van der Waals surface area contributed by atoms with Gasteiger partial charge in [0.05, 0.1) is 18.8 Å². The second-order valence-corrected chi connectivity index (χ2v) is 6.84. The number of carbonyl (C=O) groups is 1. The number of aliphatic hydroxyl groups is 1. The van der Waals surface area contributed by atoms with Gasteiger partial charge < -0.3 is 10.4 Å². The lowest BCUT2D eigenvalue weighted by Gasteiger charge is -2.46. The van der Waals surface area contributed by atoms with Gasteiger partial charge in [-0.2, -0.15) is 5.10 Å². The molecule has 0 spiro atoms. The average Bonchev–Trinajstić information content (AvgIpc) is 2.67. The van der Waals surface area contributed by atoms with Crippen molar-refractivity contribution in [1.29, 1.82) is 0 Å². The molecule has 3 aromatic rings. The fourth-order valence-corrected chi connectivity index (χ4v) is 3.71. The Kier molecular flexibility index (Phi) is 4.34. The van der Waals surface area contributed by atoms with Crippen molar-refractivity contribution >= 4 is 16.7 Å². The van der Waals surface area contributed by atoms with E-state index in [-0.39, 0.29) is 24.0 Å². The monoisotopic (exact) mass is 348 g/mol. The van der Waals surface area contributed by atoms with E-state index < -0.39 is 0 Å². The van der Waals surface area contributed by atoms with Crippen LogP contribution in [0.3, 0.4) is 0 Å². The van der Waals surface area contributed by atoms with Crippen LogP contribution in [0, 0.1) is 5.41 Å². The van der Waals surface area contributed by atoms with Crippen LogP contribution in [0.15, 0.2) is 55.0 Å². The number of amides is 1. The van der Waals surface area contributed by atoms with Crippen molar-refractivity contribution in [2.45, 2.75) is 25.3 Å². The number of aliphatic hydroxyl groups excluding tert-OH is 1. The molecule has 1 aliphatic rings. The Labute approximate surface area is 151 Å². The Hall–Kier alpha value is -2.86. The number of fused-ring (bicyclic) bond motifs is 1. The van der Waals surface area contributed by atoms with E-state index in [9.17, 15) is 9.90 Å². The zero-order chi connectivity index (χ0) is 18.0. The number of pyridine rings is 1. The zero-order valence-corrected chi connectivity index (χ0v) is 14.3. The highest BCUT2D eigenvalue weighted by atomic mass is 16.3. The topological polar surface area (TPSA) is 88.0 Å². The van der Waals surface area contributed by atoms with Crippen LogP contribution in [-0.4, -0.2) is 32.8 Å². The maximum absolute atomic E-state index is 13.0. The minimum atomic E-state index is -0.338. The molecule has 6 heteroatoms. The first-order valence-corrected chi connectivity index (χ1v) is 8.76. The maximum atomic E-state index is 13.0. The highest BCUT2D eigenvalue weighted by Gasteiger charge is 2.45. The molecular weight excluding hydrogens is 328 g/mol. The SMILES string of the molecule is O=C(NC(c1ccncc1)C1(CO)CCC1)c1nncc2ccccc12. The molecule has 0 aliphatic heterocycles. The second kappa shape index (κ2) is 6.80. The molecule has 1 saturated carbocycles. The normalized spacial score (nSPS) is 16.7. The van der Waals surface area contributed by atoms with Crippen LogP contribution in [0.2, 0.25) is 0 Å². The molecule has 1 aliphatic carbocycles. The lowest BCUT2D eigenvalue weighted by molar-refractivity contribution is 0.00592. The Morgan fingerprint density at radius 2 is 1.96 bits per heavy atom. The third-order valence-electron chi connectivity index (χ3n) is 5.38. The molecule has 0 radical (unpaired) electrons. The quantitative estimate of drug-likeness (QED) is 0.740.